The van der Waals surface area contributed by atoms with Crippen LogP contribution in [0.1, 0.15) is 63.9 Å². The second-order valence-corrected chi connectivity index (χ2v) is 9.01. The average Bonchev–Trinajstić information content (AvgIpc) is 3.12. The SMILES string of the molecule is CCc1nc2sc(C3CCN(C(=O)OC(C)(C)C)CC3)cn2c1NC(C)=O. The molecule has 0 atom stereocenters. The van der Waals surface area contributed by atoms with Crippen LogP contribution in [0.15, 0.2) is 6.20 Å². The first-order chi connectivity index (χ1) is 12.7. The number of imidazole rings is 1. The largest absolute Gasteiger partial charge is 0.444 e. The van der Waals surface area contributed by atoms with Crippen molar-refractivity contribution in [2.45, 2.75) is 65.4 Å². The number of aromatic nitrogens is 2. The molecule has 0 unspecified atom stereocenters. The van der Waals surface area contributed by atoms with E-state index in [0.29, 0.717) is 19.0 Å². The normalized spacial score (nSPS) is 16.0. The van der Waals surface area contributed by atoms with Gasteiger partial charge in [0.2, 0.25) is 5.91 Å². The van der Waals surface area contributed by atoms with Crippen molar-refractivity contribution in [1.82, 2.24) is 14.3 Å². The van der Waals surface area contributed by atoms with Crippen LogP contribution in [0.3, 0.4) is 0 Å². The molecule has 0 aromatic carbocycles. The molecular formula is C19H28N4O3S. The summed E-state index contributed by atoms with van der Waals surface area (Å²) in [5.41, 5.74) is 0.437. The summed E-state index contributed by atoms with van der Waals surface area (Å²) in [6.45, 7) is 10.6. The van der Waals surface area contributed by atoms with Gasteiger partial charge >= 0.3 is 6.09 Å². The molecule has 2 amide bonds. The number of carbonyl (C=O) groups excluding carboxylic acids is 2. The molecule has 1 saturated heterocycles. The van der Waals surface area contributed by atoms with Crippen molar-refractivity contribution in [1.29, 1.82) is 0 Å². The summed E-state index contributed by atoms with van der Waals surface area (Å²) < 4.78 is 7.45. The lowest BCUT2D eigenvalue weighted by atomic mass is 9.96. The number of hydrogen-bond donors (Lipinski definition) is 1. The van der Waals surface area contributed by atoms with Crippen molar-refractivity contribution < 1.29 is 14.3 Å². The van der Waals surface area contributed by atoms with Crippen molar-refractivity contribution in [3.05, 3.63) is 16.8 Å². The molecule has 1 N–H and O–H groups in total. The van der Waals surface area contributed by atoms with Crippen LogP contribution >= 0.6 is 11.3 Å². The van der Waals surface area contributed by atoms with Crippen molar-refractivity contribution in [2.75, 3.05) is 18.4 Å². The topological polar surface area (TPSA) is 75.9 Å². The molecule has 148 valence electrons. The summed E-state index contributed by atoms with van der Waals surface area (Å²) in [6.07, 6.45) is 4.43. The Morgan fingerprint density at radius 1 is 1.33 bits per heavy atom. The lowest BCUT2D eigenvalue weighted by Gasteiger charge is -2.33. The summed E-state index contributed by atoms with van der Waals surface area (Å²) in [5.74, 6) is 1.07. The summed E-state index contributed by atoms with van der Waals surface area (Å²) in [7, 11) is 0. The molecule has 3 heterocycles. The van der Waals surface area contributed by atoms with Crippen LogP contribution in [0.5, 0.6) is 0 Å². The number of piperidine rings is 1. The van der Waals surface area contributed by atoms with E-state index in [0.717, 1.165) is 35.7 Å². The van der Waals surface area contributed by atoms with Gasteiger partial charge in [-0.05, 0) is 46.0 Å². The fourth-order valence-corrected chi connectivity index (χ4v) is 4.48. The second kappa shape index (κ2) is 7.50. The molecule has 0 bridgehead atoms. The van der Waals surface area contributed by atoms with Gasteiger partial charge in [-0.15, -0.1) is 11.3 Å². The number of fused-ring (bicyclic) bond motifs is 1. The first-order valence-corrected chi connectivity index (χ1v) is 10.3. The third-order valence-electron chi connectivity index (χ3n) is 4.59. The molecule has 0 saturated carbocycles. The summed E-state index contributed by atoms with van der Waals surface area (Å²) in [4.78, 5) is 32.4. The van der Waals surface area contributed by atoms with E-state index in [-0.39, 0.29) is 12.0 Å². The van der Waals surface area contributed by atoms with Crippen molar-refractivity contribution >= 4 is 34.1 Å². The molecule has 1 fully saturated rings. The molecule has 2 aromatic rings. The summed E-state index contributed by atoms with van der Waals surface area (Å²) in [5, 5.41) is 2.91. The van der Waals surface area contributed by atoms with Crippen LogP contribution < -0.4 is 5.32 Å². The molecule has 2 aromatic heterocycles. The Hall–Kier alpha value is -2.09. The standard InChI is InChI=1S/C19H28N4O3S/c1-6-14-16(20-12(2)24)23-11-15(27-17(23)21-14)13-7-9-22(10-8-13)18(25)26-19(3,4)5/h11,13H,6-10H2,1-5H3,(H,20,24). The number of nitrogens with one attached hydrogen (secondary N) is 1. The second-order valence-electron chi connectivity index (χ2n) is 7.97. The van der Waals surface area contributed by atoms with Crippen molar-refractivity contribution in [2.24, 2.45) is 0 Å². The first-order valence-electron chi connectivity index (χ1n) is 9.44. The van der Waals surface area contributed by atoms with Gasteiger partial charge in [0, 0.05) is 31.1 Å². The Labute approximate surface area is 163 Å². The molecule has 3 rings (SSSR count). The van der Waals surface area contributed by atoms with Crippen LogP contribution in [-0.2, 0) is 16.0 Å². The zero-order valence-corrected chi connectivity index (χ0v) is 17.5. The summed E-state index contributed by atoms with van der Waals surface area (Å²) in [6, 6.07) is 0. The lowest BCUT2D eigenvalue weighted by molar-refractivity contribution is -0.114. The van der Waals surface area contributed by atoms with E-state index in [1.807, 2.05) is 32.1 Å². The Balaban J connectivity index is 1.71. The molecule has 0 aliphatic carbocycles. The molecular weight excluding hydrogens is 364 g/mol. The Morgan fingerprint density at radius 2 is 2.00 bits per heavy atom. The number of carbonyl (C=O) groups is 2. The van der Waals surface area contributed by atoms with Gasteiger partial charge in [0.25, 0.3) is 0 Å². The van der Waals surface area contributed by atoms with E-state index in [1.165, 1.54) is 11.8 Å². The monoisotopic (exact) mass is 392 g/mol. The Morgan fingerprint density at radius 3 is 2.56 bits per heavy atom. The van der Waals surface area contributed by atoms with Gasteiger partial charge in [-0.25, -0.2) is 9.78 Å². The third kappa shape index (κ3) is 4.43. The number of amides is 2. The number of rotatable bonds is 3. The number of aryl methyl sites for hydroxylation is 1. The van der Waals surface area contributed by atoms with E-state index in [4.69, 9.17) is 4.74 Å². The van der Waals surface area contributed by atoms with Gasteiger partial charge in [-0.2, -0.15) is 0 Å². The highest BCUT2D eigenvalue weighted by atomic mass is 32.1. The Bertz CT molecular complexity index is 841. The van der Waals surface area contributed by atoms with E-state index in [2.05, 4.69) is 16.5 Å². The van der Waals surface area contributed by atoms with Gasteiger partial charge in [-0.3, -0.25) is 9.20 Å². The van der Waals surface area contributed by atoms with Crippen LogP contribution in [0.4, 0.5) is 10.6 Å². The van der Waals surface area contributed by atoms with Gasteiger partial charge in [-0.1, -0.05) is 6.92 Å². The molecule has 1 aliphatic rings. The smallest absolute Gasteiger partial charge is 0.410 e. The van der Waals surface area contributed by atoms with E-state index in [1.54, 1.807) is 16.2 Å². The zero-order chi connectivity index (χ0) is 19.8. The Kier molecular flexibility index (Phi) is 5.46. The molecule has 1 aliphatic heterocycles. The van der Waals surface area contributed by atoms with Gasteiger partial charge in [0.05, 0.1) is 5.69 Å². The highest BCUT2D eigenvalue weighted by Crippen LogP contribution is 2.35. The quantitative estimate of drug-likeness (QED) is 0.856. The lowest BCUT2D eigenvalue weighted by Crippen LogP contribution is -2.41. The van der Waals surface area contributed by atoms with Gasteiger partial charge < -0.3 is 15.0 Å². The number of likely N-dealkylation sites (tertiary alicyclic amines) is 1. The minimum Gasteiger partial charge on any atom is -0.444 e. The van der Waals surface area contributed by atoms with Crippen LogP contribution in [0.25, 0.3) is 4.96 Å². The van der Waals surface area contributed by atoms with Crippen LogP contribution in [-0.4, -0.2) is 45.0 Å². The minimum absolute atomic E-state index is 0.0927. The zero-order valence-electron chi connectivity index (χ0n) is 16.7. The maximum Gasteiger partial charge on any atom is 0.410 e. The third-order valence-corrected chi connectivity index (χ3v) is 5.74. The first kappa shape index (κ1) is 19.7. The number of nitrogens with zero attached hydrogens (tertiary/aromatic N) is 3. The summed E-state index contributed by atoms with van der Waals surface area (Å²) >= 11 is 1.67. The molecule has 0 spiro atoms. The van der Waals surface area contributed by atoms with E-state index in [9.17, 15) is 9.59 Å². The number of ether oxygens (including phenoxy) is 1. The highest BCUT2D eigenvalue weighted by molar-refractivity contribution is 7.17. The van der Waals surface area contributed by atoms with E-state index >= 15 is 0 Å². The van der Waals surface area contributed by atoms with Gasteiger partial charge in [0.15, 0.2) is 4.96 Å². The molecule has 27 heavy (non-hydrogen) atoms. The van der Waals surface area contributed by atoms with E-state index < -0.39 is 5.60 Å². The van der Waals surface area contributed by atoms with Gasteiger partial charge in [0.1, 0.15) is 11.4 Å². The molecule has 0 radical (unpaired) electrons. The maximum atomic E-state index is 12.2. The number of anilines is 1. The fraction of sp³-hybridized carbons (Fsp3) is 0.632. The predicted octanol–water partition coefficient (Wildman–Crippen LogP) is 4.03. The predicted molar refractivity (Wildman–Crippen MR) is 107 cm³/mol. The maximum absolute atomic E-state index is 12.2. The highest BCUT2D eigenvalue weighted by Gasteiger charge is 2.29. The fourth-order valence-electron chi connectivity index (χ4n) is 3.32. The minimum atomic E-state index is -0.468. The molecule has 8 heteroatoms. The van der Waals surface area contributed by atoms with Crippen LogP contribution in [0.2, 0.25) is 0 Å². The van der Waals surface area contributed by atoms with Crippen molar-refractivity contribution in [3.63, 3.8) is 0 Å². The number of thiazole rings is 1. The number of hydrogen-bond acceptors (Lipinski definition) is 5. The van der Waals surface area contributed by atoms with Crippen molar-refractivity contribution in [3.8, 4) is 0 Å². The van der Waals surface area contributed by atoms with Crippen LogP contribution in [0, 0.1) is 0 Å². The average molecular weight is 393 g/mol. The molecule has 7 nitrogen and oxygen atoms in total.